The summed E-state index contributed by atoms with van der Waals surface area (Å²) in [4.78, 5) is 23.6. The number of amides is 1. The first-order chi connectivity index (χ1) is 6.24. The highest BCUT2D eigenvalue weighted by atomic mass is 16.7. The van der Waals surface area contributed by atoms with Gasteiger partial charge in [0, 0.05) is 19.4 Å². The van der Waals surface area contributed by atoms with Gasteiger partial charge < -0.3 is 0 Å². The summed E-state index contributed by atoms with van der Waals surface area (Å²) < 4.78 is 0. The third-order valence-electron chi connectivity index (χ3n) is 1.59. The van der Waals surface area contributed by atoms with E-state index in [1.807, 2.05) is 0 Å². The van der Waals surface area contributed by atoms with Gasteiger partial charge in [-0.25, -0.2) is 15.0 Å². The number of hydroxylamine groups is 2. The molecule has 1 heterocycles. The predicted octanol–water partition coefficient (Wildman–Crippen LogP) is 0.0389. The SMILES string of the molecule is CON(C)C(=O)Cc1cncnc1. The fraction of sp³-hybridized carbons (Fsp3) is 0.375. The van der Waals surface area contributed by atoms with Crippen LogP contribution in [-0.2, 0) is 16.1 Å². The predicted molar refractivity (Wildman–Crippen MR) is 45.5 cm³/mol. The zero-order valence-corrected chi connectivity index (χ0v) is 7.60. The molecule has 0 aliphatic heterocycles. The van der Waals surface area contributed by atoms with Crippen molar-refractivity contribution in [1.82, 2.24) is 15.0 Å². The van der Waals surface area contributed by atoms with Crippen LogP contribution in [0.4, 0.5) is 0 Å². The summed E-state index contributed by atoms with van der Waals surface area (Å²) >= 11 is 0. The normalized spacial score (nSPS) is 9.69. The van der Waals surface area contributed by atoms with Crippen LogP contribution in [0.2, 0.25) is 0 Å². The molecule has 5 nitrogen and oxygen atoms in total. The summed E-state index contributed by atoms with van der Waals surface area (Å²) in [5.74, 6) is -0.127. The number of hydrogen-bond donors (Lipinski definition) is 0. The highest BCUT2D eigenvalue weighted by Crippen LogP contribution is 1.97. The van der Waals surface area contributed by atoms with E-state index < -0.39 is 0 Å². The second-order valence-corrected chi connectivity index (χ2v) is 2.50. The summed E-state index contributed by atoms with van der Waals surface area (Å²) in [5, 5.41) is 1.17. The smallest absolute Gasteiger partial charge is 0.250 e. The van der Waals surface area contributed by atoms with E-state index in [9.17, 15) is 4.79 Å². The molecule has 5 heteroatoms. The minimum Gasteiger partial charge on any atom is -0.275 e. The van der Waals surface area contributed by atoms with Crippen molar-refractivity contribution in [3.05, 3.63) is 24.3 Å². The van der Waals surface area contributed by atoms with Gasteiger partial charge in [0.2, 0.25) is 5.91 Å². The molecule has 0 aliphatic rings. The molecule has 0 spiro atoms. The lowest BCUT2D eigenvalue weighted by molar-refractivity contribution is -0.167. The van der Waals surface area contributed by atoms with E-state index in [-0.39, 0.29) is 12.3 Å². The van der Waals surface area contributed by atoms with Crippen LogP contribution >= 0.6 is 0 Å². The molecule has 1 aromatic rings. The number of aromatic nitrogens is 2. The van der Waals surface area contributed by atoms with Crippen molar-refractivity contribution in [3.63, 3.8) is 0 Å². The van der Waals surface area contributed by atoms with Gasteiger partial charge >= 0.3 is 0 Å². The molecule has 70 valence electrons. The summed E-state index contributed by atoms with van der Waals surface area (Å²) in [6, 6.07) is 0. The van der Waals surface area contributed by atoms with Gasteiger partial charge in [0.05, 0.1) is 13.5 Å². The third-order valence-corrected chi connectivity index (χ3v) is 1.59. The van der Waals surface area contributed by atoms with Crippen molar-refractivity contribution >= 4 is 5.91 Å². The molecule has 0 aromatic carbocycles. The summed E-state index contributed by atoms with van der Waals surface area (Å²) in [6.45, 7) is 0. The van der Waals surface area contributed by atoms with Crippen LogP contribution in [0.3, 0.4) is 0 Å². The Bertz CT molecular complexity index is 276. The maximum Gasteiger partial charge on any atom is 0.250 e. The Labute approximate surface area is 76.3 Å². The summed E-state index contributed by atoms with van der Waals surface area (Å²) in [7, 11) is 3.01. The van der Waals surface area contributed by atoms with Crippen LogP contribution in [0.15, 0.2) is 18.7 Å². The van der Waals surface area contributed by atoms with Crippen molar-refractivity contribution in [2.45, 2.75) is 6.42 Å². The van der Waals surface area contributed by atoms with Crippen molar-refractivity contribution in [2.24, 2.45) is 0 Å². The average molecular weight is 181 g/mol. The lowest BCUT2D eigenvalue weighted by Gasteiger charge is -2.12. The largest absolute Gasteiger partial charge is 0.275 e. The molecule has 1 aromatic heterocycles. The lowest BCUT2D eigenvalue weighted by Crippen LogP contribution is -2.26. The standard InChI is InChI=1S/C8H11N3O2/c1-11(13-2)8(12)3-7-4-9-6-10-5-7/h4-6H,3H2,1-2H3. The fourth-order valence-corrected chi connectivity index (χ4v) is 0.809. The first kappa shape index (κ1) is 9.60. The van der Waals surface area contributed by atoms with Crippen molar-refractivity contribution in [2.75, 3.05) is 14.2 Å². The first-order valence-electron chi connectivity index (χ1n) is 3.78. The number of likely N-dealkylation sites (N-methyl/N-ethyl adjacent to an activating group) is 1. The second-order valence-electron chi connectivity index (χ2n) is 2.50. The molecular weight excluding hydrogens is 170 g/mol. The molecule has 0 fully saturated rings. The van der Waals surface area contributed by atoms with Gasteiger partial charge in [-0.15, -0.1) is 0 Å². The maximum absolute atomic E-state index is 11.3. The number of hydrogen-bond acceptors (Lipinski definition) is 4. The lowest BCUT2D eigenvalue weighted by atomic mass is 10.2. The Hall–Kier alpha value is -1.49. The highest BCUT2D eigenvalue weighted by Gasteiger charge is 2.08. The van der Waals surface area contributed by atoms with Crippen LogP contribution in [0.25, 0.3) is 0 Å². The van der Waals surface area contributed by atoms with Crippen molar-refractivity contribution in [3.8, 4) is 0 Å². The fourth-order valence-electron chi connectivity index (χ4n) is 0.809. The molecule has 1 rings (SSSR count). The minimum absolute atomic E-state index is 0.127. The molecule has 13 heavy (non-hydrogen) atoms. The molecule has 1 amide bonds. The Balaban J connectivity index is 2.55. The number of rotatable bonds is 3. The van der Waals surface area contributed by atoms with Crippen molar-refractivity contribution < 1.29 is 9.63 Å². The molecule has 0 bridgehead atoms. The zero-order valence-electron chi connectivity index (χ0n) is 7.60. The monoisotopic (exact) mass is 181 g/mol. The van der Waals surface area contributed by atoms with E-state index in [0.29, 0.717) is 0 Å². The van der Waals surface area contributed by atoms with Gasteiger partial charge in [0.1, 0.15) is 6.33 Å². The topological polar surface area (TPSA) is 55.3 Å². The average Bonchev–Trinajstić information content (AvgIpc) is 2.18. The van der Waals surface area contributed by atoms with Crippen LogP contribution in [0.5, 0.6) is 0 Å². The molecule has 0 atom stereocenters. The molecule has 0 N–H and O–H groups in total. The zero-order chi connectivity index (χ0) is 9.68. The van der Waals surface area contributed by atoms with Gasteiger partial charge in [-0.2, -0.15) is 0 Å². The van der Waals surface area contributed by atoms with Crippen LogP contribution in [-0.4, -0.2) is 35.1 Å². The van der Waals surface area contributed by atoms with E-state index in [1.54, 1.807) is 19.4 Å². The molecule has 0 radical (unpaired) electrons. The molecule has 0 saturated heterocycles. The Morgan fingerprint density at radius 3 is 2.69 bits per heavy atom. The molecule has 0 unspecified atom stereocenters. The Morgan fingerprint density at radius 2 is 2.15 bits per heavy atom. The van der Waals surface area contributed by atoms with Crippen LogP contribution in [0, 0.1) is 0 Å². The van der Waals surface area contributed by atoms with Gasteiger partial charge in [-0.1, -0.05) is 0 Å². The van der Waals surface area contributed by atoms with Crippen LogP contribution < -0.4 is 0 Å². The summed E-state index contributed by atoms with van der Waals surface area (Å²) in [6.07, 6.45) is 4.89. The number of carbonyl (C=O) groups is 1. The Morgan fingerprint density at radius 1 is 1.54 bits per heavy atom. The van der Waals surface area contributed by atoms with E-state index >= 15 is 0 Å². The minimum atomic E-state index is -0.127. The van der Waals surface area contributed by atoms with E-state index in [0.717, 1.165) is 5.56 Å². The second kappa shape index (κ2) is 4.51. The van der Waals surface area contributed by atoms with Crippen LogP contribution in [0.1, 0.15) is 5.56 Å². The van der Waals surface area contributed by atoms with Gasteiger partial charge in [-0.3, -0.25) is 9.63 Å². The Kier molecular flexibility index (Phi) is 3.33. The van der Waals surface area contributed by atoms with Gasteiger partial charge in [-0.05, 0) is 5.56 Å². The maximum atomic E-state index is 11.3. The third kappa shape index (κ3) is 2.79. The van der Waals surface area contributed by atoms with Gasteiger partial charge in [0.15, 0.2) is 0 Å². The molecular formula is C8H11N3O2. The van der Waals surface area contributed by atoms with E-state index in [4.69, 9.17) is 4.84 Å². The van der Waals surface area contributed by atoms with E-state index in [2.05, 4.69) is 9.97 Å². The number of nitrogens with zero attached hydrogens (tertiary/aromatic N) is 3. The highest BCUT2D eigenvalue weighted by molar-refractivity contribution is 5.77. The molecule has 0 saturated carbocycles. The first-order valence-corrected chi connectivity index (χ1v) is 3.78. The molecule has 0 aliphatic carbocycles. The van der Waals surface area contributed by atoms with Gasteiger partial charge in [0.25, 0.3) is 0 Å². The quantitative estimate of drug-likeness (QED) is 0.618. The number of carbonyl (C=O) groups excluding carboxylic acids is 1. The van der Waals surface area contributed by atoms with E-state index in [1.165, 1.54) is 18.5 Å². The van der Waals surface area contributed by atoms with Crippen molar-refractivity contribution in [1.29, 1.82) is 0 Å². The summed E-state index contributed by atoms with van der Waals surface area (Å²) in [5.41, 5.74) is 0.774.